The molecular weight excluding hydrogens is 272 g/mol. The number of hydrogen-bond donors (Lipinski definition) is 0. The molecule has 2 aromatic rings. The van der Waals surface area contributed by atoms with Crippen LogP contribution in [0.25, 0.3) is 0 Å². The lowest BCUT2D eigenvalue weighted by molar-refractivity contribution is -0.120. The van der Waals surface area contributed by atoms with E-state index in [2.05, 4.69) is 12.6 Å². The third-order valence-corrected chi connectivity index (χ3v) is 4.17. The molecule has 0 radical (unpaired) electrons. The summed E-state index contributed by atoms with van der Waals surface area (Å²) in [6.07, 6.45) is 4.00. The molecule has 1 aliphatic rings. The molecule has 0 aliphatic heterocycles. The van der Waals surface area contributed by atoms with E-state index in [4.69, 9.17) is 4.74 Å². The van der Waals surface area contributed by atoms with Crippen LogP contribution in [0.4, 0.5) is 0 Å². The molecule has 0 N–H and O–H groups in total. The summed E-state index contributed by atoms with van der Waals surface area (Å²) in [5.74, 6) is 1.08. The Balaban J connectivity index is 1.80. The monoisotopic (exact) mass is 292 g/mol. The third-order valence-electron chi connectivity index (χ3n) is 4.17. The molecule has 2 heteroatoms. The van der Waals surface area contributed by atoms with E-state index in [1.54, 1.807) is 0 Å². The van der Waals surface area contributed by atoms with Crippen molar-refractivity contribution >= 4 is 5.78 Å². The van der Waals surface area contributed by atoms with Crippen LogP contribution in [0, 0.1) is 0 Å². The van der Waals surface area contributed by atoms with E-state index in [9.17, 15) is 4.79 Å². The van der Waals surface area contributed by atoms with Crippen molar-refractivity contribution in [2.45, 2.75) is 31.8 Å². The Kier molecular flexibility index (Phi) is 4.38. The zero-order valence-corrected chi connectivity index (χ0v) is 12.6. The van der Waals surface area contributed by atoms with E-state index < -0.39 is 0 Å². The zero-order chi connectivity index (χ0) is 15.4. The maximum absolute atomic E-state index is 12.1. The average Bonchev–Trinajstić information content (AvgIpc) is 2.56. The molecule has 2 aromatic carbocycles. The van der Waals surface area contributed by atoms with Crippen molar-refractivity contribution in [2.24, 2.45) is 0 Å². The van der Waals surface area contributed by atoms with Gasteiger partial charge in [-0.1, -0.05) is 42.5 Å². The predicted molar refractivity (Wildman–Crippen MR) is 88.1 cm³/mol. The average molecular weight is 292 g/mol. The molecule has 3 rings (SSSR count). The van der Waals surface area contributed by atoms with Gasteiger partial charge in [-0.15, -0.1) is 6.58 Å². The molecule has 0 saturated heterocycles. The lowest BCUT2D eigenvalue weighted by Crippen LogP contribution is -2.20. The van der Waals surface area contributed by atoms with Crippen molar-refractivity contribution < 1.29 is 9.53 Å². The highest BCUT2D eigenvalue weighted by Crippen LogP contribution is 2.34. The summed E-state index contributed by atoms with van der Waals surface area (Å²) in [4.78, 5) is 12.1. The number of carbonyl (C=O) groups is 1. The molecule has 0 aromatic heterocycles. The number of aryl methyl sites for hydroxylation is 1. The summed E-state index contributed by atoms with van der Waals surface area (Å²) < 4.78 is 5.88. The summed E-state index contributed by atoms with van der Waals surface area (Å²) in [6.45, 7) is 4.32. The predicted octanol–water partition coefficient (Wildman–Crippen LogP) is 4.44. The van der Waals surface area contributed by atoms with Gasteiger partial charge >= 0.3 is 0 Å². The van der Waals surface area contributed by atoms with Crippen molar-refractivity contribution in [1.82, 2.24) is 0 Å². The number of carbonyl (C=O) groups excluding carboxylic acids is 1. The number of ketones is 1. The van der Waals surface area contributed by atoms with Crippen LogP contribution in [-0.2, 0) is 17.8 Å². The van der Waals surface area contributed by atoms with Crippen LogP contribution in [0.5, 0.6) is 5.75 Å². The number of fused-ring (bicyclic) bond motifs is 1. The second-order valence-electron chi connectivity index (χ2n) is 5.68. The molecule has 0 bridgehead atoms. The molecule has 1 atom stereocenters. The molecule has 112 valence electrons. The summed E-state index contributed by atoms with van der Waals surface area (Å²) in [5, 5.41) is 0. The largest absolute Gasteiger partial charge is 0.489 e. The molecule has 0 fully saturated rings. The number of Topliss-reactive ketones (excluding diaryl/α,β-unsaturated/α-hetero) is 1. The summed E-state index contributed by atoms with van der Waals surface area (Å²) >= 11 is 0. The minimum Gasteiger partial charge on any atom is -0.489 e. The van der Waals surface area contributed by atoms with Crippen LogP contribution < -0.4 is 4.74 Å². The highest BCUT2D eigenvalue weighted by Gasteiger charge is 2.26. The Bertz CT molecular complexity index is 673. The van der Waals surface area contributed by atoms with Crippen LogP contribution in [0.15, 0.2) is 61.2 Å². The SMILES string of the molecule is C=CCC1C(=O)CCc2ccc(OCc3ccccc3)cc21. The first-order chi connectivity index (χ1) is 10.8. The second kappa shape index (κ2) is 6.61. The molecule has 0 spiro atoms. The molecule has 0 amide bonds. The van der Waals surface area contributed by atoms with E-state index in [1.807, 2.05) is 48.5 Å². The topological polar surface area (TPSA) is 26.3 Å². The van der Waals surface area contributed by atoms with Crippen molar-refractivity contribution in [3.8, 4) is 5.75 Å². The molecular formula is C20H20O2. The van der Waals surface area contributed by atoms with Gasteiger partial charge in [0.2, 0.25) is 0 Å². The summed E-state index contributed by atoms with van der Waals surface area (Å²) in [5.41, 5.74) is 3.51. The molecule has 1 aliphatic carbocycles. The minimum absolute atomic E-state index is 0.0541. The smallest absolute Gasteiger partial charge is 0.140 e. The van der Waals surface area contributed by atoms with E-state index in [1.165, 1.54) is 5.56 Å². The maximum Gasteiger partial charge on any atom is 0.140 e. The van der Waals surface area contributed by atoms with Gasteiger partial charge < -0.3 is 4.74 Å². The van der Waals surface area contributed by atoms with E-state index in [0.29, 0.717) is 25.2 Å². The normalized spacial score (nSPS) is 16.9. The van der Waals surface area contributed by atoms with Crippen molar-refractivity contribution in [1.29, 1.82) is 0 Å². The summed E-state index contributed by atoms with van der Waals surface area (Å²) in [7, 11) is 0. The maximum atomic E-state index is 12.1. The Hall–Kier alpha value is -2.35. The molecule has 22 heavy (non-hydrogen) atoms. The van der Waals surface area contributed by atoms with Crippen LogP contribution in [0.3, 0.4) is 0 Å². The fourth-order valence-corrected chi connectivity index (χ4v) is 2.99. The van der Waals surface area contributed by atoms with Gasteiger partial charge in [-0.05, 0) is 41.7 Å². The van der Waals surface area contributed by atoms with Crippen LogP contribution in [0.2, 0.25) is 0 Å². The summed E-state index contributed by atoms with van der Waals surface area (Å²) in [6, 6.07) is 16.2. The molecule has 0 heterocycles. The number of ether oxygens (including phenoxy) is 1. The van der Waals surface area contributed by atoms with Gasteiger partial charge in [-0.2, -0.15) is 0 Å². The van der Waals surface area contributed by atoms with E-state index >= 15 is 0 Å². The van der Waals surface area contributed by atoms with Crippen molar-refractivity contribution in [2.75, 3.05) is 0 Å². The van der Waals surface area contributed by atoms with Crippen LogP contribution in [-0.4, -0.2) is 5.78 Å². The Labute approximate surface area is 131 Å². The van der Waals surface area contributed by atoms with Gasteiger partial charge in [0.15, 0.2) is 0 Å². The highest BCUT2D eigenvalue weighted by molar-refractivity contribution is 5.88. The zero-order valence-electron chi connectivity index (χ0n) is 12.6. The number of hydrogen-bond acceptors (Lipinski definition) is 2. The fraction of sp³-hybridized carbons (Fsp3) is 0.250. The van der Waals surface area contributed by atoms with Gasteiger partial charge in [-0.25, -0.2) is 0 Å². The fourth-order valence-electron chi connectivity index (χ4n) is 2.99. The van der Waals surface area contributed by atoms with E-state index in [-0.39, 0.29) is 5.92 Å². The quantitative estimate of drug-likeness (QED) is 0.761. The first-order valence-electron chi connectivity index (χ1n) is 7.71. The Morgan fingerprint density at radius 2 is 1.95 bits per heavy atom. The van der Waals surface area contributed by atoms with Gasteiger partial charge in [0.05, 0.1) is 0 Å². The lowest BCUT2D eigenvalue weighted by Gasteiger charge is -2.24. The molecule has 0 saturated carbocycles. The standard InChI is InChI=1S/C20H20O2/c1-2-6-18-19-13-17(11-9-16(19)10-12-20(18)21)22-14-15-7-4-3-5-8-15/h2-5,7-9,11,13,18H,1,6,10,12,14H2. The van der Waals surface area contributed by atoms with Gasteiger partial charge in [-0.3, -0.25) is 4.79 Å². The third kappa shape index (κ3) is 3.11. The van der Waals surface area contributed by atoms with Gasteiger partial charge in [0.25, 0.3) is 0 Å². The lowest BCUT2D eigenvalue weighted by atomic mass is 9.80. The first kappa shape index (κ1) is 14.6. The van der Waals surface area contributed by atoms with E-state index in [0.717, 1.165) is 23.3 Å². The molecule has 1 unspecified atom stereocenters. The van der Waals surface area contributed by atoms with Gasteiger partial charge in [0.1, 0.15) is 18.1 Å². The number of allylic oxidation sites excluding steroid dienone is 1. The van der Waals surface area contributed by atoms with Crippen LogP contribution >= 0.6 is 0 Å². The van der Waals surface area contributed by atoms with Crippen molar-refractivity contribution in [3.05, 3.63) is 77.9 Å². The molecule has 2 nitrogen and oxygen atoms in total. The van der Waals surface area contributed by atoms with Crippen molar-refractivity contribution in [3.63, 3.8) is 0 Å². The first-order valence-corrected chi connectivity index (χ1v) is 7.71. The number of rotatable bonds is 5. The van der Waals surface area contributed by atoms with Gasteiger partial charge in [0, 0.05) is 12.3 Å². The Morgan fingerprint density at radius 1 is 1.14 bits per heavy atom. The van der Waals surface area contributed by atoms with Crippen LogP contribution in [0.1, 0.15) is 35.4 Å². The Morgan fingerprint density at radius 3 is 2.73 bits per heavy atom. The highest BCUT2D eigenvalue weighted by atomic mass is 16.5. The second-order valence-corrected chi connectivity index (χ2v) is 5.68. The minimum atomic E-state index is -0.0541. The number of benzene rings is 2.